The van der Waals surface area contributed by atoms with Gasteiger partial charge in [-0.05, 0) is 52.4 Å². The molecule has 0 atom stereocenters. The molecule has 1 aliphatic rings. The molecule has 122 valence electrons. The maximum Gasteiger partial charge on any atom is 0.194 e. The van der Waals surface area contributed by atoms with Crippen molar-refractivity contribution in [1.82, 2.24) is 0 Å². The number of fused-ring (bicyclic) bond motifs is 2. The number of furan rings is 1. The lowest BCUT2D eigenvalue weighted by Gasteiger charge is -2.01. The zero-order valence-electron chi connectivity index (χ0n) is 13.3. The number of allylic oxidation sites excluding steroid dienone is 3. The lowest BCUT2D eigenvalue weighted by atomic mass is 9.98. The van der Waals surface area contributed by atoms with E-state index in [1.807, 2.05) is 30.3 Å². The predicted molar refractivity (Wildman–Crippen MR) is 106 cm³/mol. The van der Waals surface area contributed by atoms with Gasteiger partial charge in [0.25, 0.3) is 0 Å². The number of carbonyl (C=O) groups is 1. The summed E-state index contributed by atoms with van der Waals surface area (Å²) < 4.78 is 6.61. The van der Waals surface area contributed by atoms with Crippen LogP contribution < -0.4 is 0 Å². The van der Waals surface area contributed by atoms with Crippen molar-refractivity contribution in [3.8, 4) is 12.1 Å². The van der Waals surface area contributed by atoms with E-state index in [9.17, 15) is 15.3 Å². The van der Waals surface area contributed by atoms with E-state index in [1.165, 1.54) is 0 Å². The highest BCUT2D eigenvalue weighted by Crippen LogP contribution is 2.40. The standard InChI is InChI=1S/C21H9IN2O2/c22-14-5-6-19-17(8-14)12(11-26-19)7-18-20(13(9-23)10-24)15-3-1-2-4-16(15)21(18)25/h1-8,11H/b18-7+. The number of ketones is 1. The molecule has 0 aliphatic heterocycles. The number of hydrogen-bond acceptors (Lipinski definition) is 4. The van der Waals surface area contributed by atoms with Crippen molar-refractivity contribution in [1.29, 1.82) is 10.5 Å². The summed E-state index contributed by atoms with van der Waals surface area (Å²) in [5.74, 6) is -0.196. The van der Waals surface area contributed by atoms with Gasteiger partial charge in [-0.2, -0.15) is 10.5 Å². The van der Waals surface area contributed by atoms with E-state index in [0.717, 1.165) is 14.5 Å². The predicted octanol–water partition coefficient (Wildman–Crippen LogP) is 5.12. The fourth-order valence-electron chi connectivity index (χ4n) is 3.13. The quantitative estimate of drug-likeness (QED) is 0.294. The van der Waals surface area contributed by atoms with Gasteiger partial charge < -0.3 is 4.42 Å². The summed E-state index contributed by atoms with van der Waals surface area (Å²) in [6.07, 6.45) is 3.29. The van der Waals surface area contributed by atoms with Crippen LogP contribution >= 0.6 is 22.6 Å². The average molecular weight is 448 g/mol. The monoisotopic (exact) mass is 448 g/mol. The first-order valence-electron chi connectivity index (χ1n) is 7.71. The molecule has 1 aromatic heterocycles. The van der Waals surface area contributed by atoms with Crippen molar-refractivity contribution in [2.24, 2.45) is 0 Å². The normalized spacial score (nSPS) is 14.3. The van der Waals surface area contributed by atoms with Crippen LogP contribution in [0, 0.1) is 26.2 Å². The number of rotatable bonds is 1. The van der Waals surface area contributed by atoms with Crippen molar-refractivity contribution in [3.63, 3.8) is 0 Å². The molecule has 0 amide bonds. The Morgan fingerprint density at radius 2 is 1.81 bits per heavy atom. The minimum Gasteiger partial charge on any atom is -0.464 e. The zero-order valence-corrected chi connectivity index (χ0v) is 15.4. The average Bonchev–Trinajstić information content (AvgIpc) is 3.17. The Labute approximate surface area is 162 Å². The van der Waals surface area contributed by atoms with Crippen LogP contribution in [0.5, 0.6) is 0 Å². The van der Waals surface area contributed by atoms with Gasteiger partial charge in [0, 0.05) is 31.2 Å². The Hall–Kier alpha value is -3.16. The van der Waals surface area contributed by atoms with Crippen LogP contribution in [0.3, 0.4) is 0 Å². The number of hydrogen-bond donors (Lipinski definition) is 0. The molecular weight excluding hydrogens is 439 g/mol. The van der Waals surface area contributed by atoms with Gasteiger partial charge in [-0.1, -0.05) is 24.3 Å². The minimum absolute atomic E-state index is 0.0723. The van der Waals surface area contributed by atoms with Gasteiger partial charge in [-0.3, -0.25) is 4.79 Å². The van der Waals surface area contributed by atoms with E-state index in [-0.39, 0.29) is 11.4 Å². The SMILES string of the molecule is N#CC(C#N)=C1/C(=C\c2coc3ccc(I)cc23)C(=O)c2ccccc21. The molecule has 2 aromatic carbocycles. The molecular formula is C21H9IN2O2. The van der Waals surface area contributed by atoms with E-state index in [1.54, 1.807) is 36.6 Å². The smallest absolute Gasteiger partial charge is 0.194 e. The van der Waals surface area contributed by atoms with Crippen LogP contribution in [0.2, 0.25) is 0 Å². The highest BCUT2D eigenvalue weighted by molar-refractivity contribution is 14.1. The second-order valence-corrected chi connectivity index (χ2v) is 6.98. The van der Waals surface area contributed by atoms with E-state index in [2.05, 4.69) is 22.6 Å². The summed E-state index contributed by atoms with van der Waals surface area (Å²) in [5, 5.41) is 19.6. The van der Waals surface area contributed by atoms with E-state index in [4.69, 9.17) is 4.42 Å². The summed E-state index contributed by atoms with van der Waals surface area (Å²) >= 11 is 2.21. The minimum atomic E-state index is -0.196. The van der Waals surface area contributed by atoms with Gasteiger partial charge in [0.15, 0.2) is 5.78 Å². The highest BCUT2D eigenvalue weighted by atomic mass is 127. The van der Waals surface area contributed by atoms with Crippen LogP contribution in [0.4, 0.5) is 0 Å². The number of halogens is 1. The summed E-state index contributed by atoms with van der Waals surface area (Å²) in [6.45, 7) is 0. The topological polar surface area (TPSA) is 77.8 Å². The number of Topliss-reactive ketones (excluding diaryl/α,β-unsaturated/α-hetero) is 1. The van der Waals surface area contributed by atoms with Crippen molar-refractivity contribution < 1.29 is 9.21 Å². The molecule has 1 aliphatic carbocycles. The van der Waals surface area contributed by atoms with Crippen LogP contribution in [0.15, 0.2) is 64.3 Å². The molecule has 0 N–H and O–H groups in total. The third kappa shape index (κ3) is 2.45. The fraction of sp³-hybridized carbons (Fsp3) is 0. The molecule has 26 heavy (non-hydrogen) atoms. The molecule has 0 saturated carbocycles. The Morgan fingerprint density at radius 3 is 2.54 bits per heavy atom. The molecule has 0 bridgehead atoms. The maximum absolute atomic E-state index is 12.9. The number of carbonyl (C=O) groups excluding carboxylic acids is 1. The van der Waals surface area contributed by atoms with Crippen molar-refractivity contribution in [3.05, 3.63) is 80.1 Å². The van der Waals surface area contributed by atoms with Crippen LogP contribution in [0.1, 0.15) is 21.5 Å². The second kappa shape index (κ2) is 6.29. The Kier molecular flexibility index (Phi) is 3.95. The largest absolute Gasteiger partial charge is 0.464 e. The summed E-state index contributed by atoms with van der Waals surface area (Å²) in [6, 6.07) is 16.6. The van der Waals surface area contributed by atoms with Crippen LogP contribution in [0.25, 0.3) is 22.6 Å². The molecule has 4 rings (SSSR count). The number of benzene rings is 2. The molecule has 0 spiro atoms. The van der Waals surface area contributed by atoms with Crippen molar-refractivity contribution in [2.45, 2.75) is 0 Å². The van der Waals surface area contributed by atoms with Gasteiger partial charge in [0.05, 0.1) is 6.26 Å². The second-order valence-electron chi connectivity index (χ2n) is 5.74. The molecule has 0 saturated heterocycles. The lowest BCUT2D eigenvalue weighted by molar-refractivity contribution is 0.104. The van der Waals surface area contributed by atoms with Gasteiger partial charge in [-0.25, -0.2) is 0 Å². The van der Waals surface area contributed by atoms with E-state index < -0.39 is 0 Å². The Bertz CT molecular complexity index is 1220. The zero-order chi connectivity index (χ0) is 18.3. The van der Waals surface area contributed by atoms with Gasteiger partial charge in [0.2, 0.25) is 0 Å². The molecule has 5 heteroatoms. The molecule has 0 fully saturated rings. The number of nitrogens with zero attached hydrogens (tertiary/aromatic N) is 2. The van der Waals surface area contributed by atoms with Crippen LogP contribution in [-0.2, 0) is 0 Å². The third-order valence-electron chi connectivity index (χ3n) is 4.29. The summed E-state index contributed by atoms with van der Waals surface area (Å²) in [7, 11) is 0. The van der Waals surface area contributed by atoms with Crippen molar-refractivity contribution in [2.75, 3.05) is 0 Å². The maximum atomic E-state index is 12.9. The Morgan fingerprint density at radius 1 is 1.08 bits per heavy atom. The fourth-order valence-corrected chi connectivity index (χ4v) is 3.63. The lowest BCUT2D eigenvalue weighted by Crippen LogP contribution is -1.95. The van der Waals surface area contributed by atoms with E-state index in [0.29, 0.717) is 27.9 Å². The van der Waals surface area contributed by atoms with Gasteiger partial charge >= 0.3 is 0 Å². The third-order valence-corrected chi connectivity index (χ3v) is 4.96. The van der Waals surface area contributed by atoms with Gasteiger partial charge in [-0.15, -0.1) is 0 Å². The highest BCUT2D eigenvalue weighted by Gasteiger charge is 2.32. The first-order valence-corrected chi connectivity index (χ1v) is 8.79. The Balaban J connectivity index is 2.01. The molecule has 4 nitrogen and oxygen atoms in total. The molecule has 0 unspecified atom stereocenters. The molecule has 3 aromatic rings. The van der Waals surface area contributed by atoms with Gasteiger partial charge in [0.1, 0.15) is 23.3 Å². The van der Waals surface area contributed by atoms with E-state index >= 15 is 0 Å². The number of nitriles is 2. The van der Waals surface area contributed by atoms with Crippen molar-refractivity contribution >= 4 is 51.0 Å². The summed E-state index contributed by atoms with van der Waals surface area (Å²) in [5.41, 5.74) is 3.22. The van der Waals surface area contributed by atoms with Crippen LogP contribution in [-0.4, -0.2) is 5.78 Å². The molecule has 1 heterocycles. The molecule has 0 radical (unpaired) electrons. The first-order chi connectivity index (χ1) is 12.6. The first kappa shape index (κ1) is 16.3. The summed E-state index contributed by atoms with van der Waals surface area (Å²) in [4.78, 5) is 12.9.